The SMILES string of the molecule is S=C(Nc1cnn(Cc2ccc(Cl)cc2)c1)Nc1ccc(Cl)cc1Cl. The fourth-order valence-corrected chi connectivity index (χ4v) is 2.98. The van der Waals surface area contributed by atoms with Gasteiger partial charge < -0.3 is 10.6 Å². The molecular formula is C17H13Cl3N4S. The van der Waals surface area contributed by atoms with Crippen molar-refractivity contribution in [2.45, 2.75) is 6.54 Å². The van der Waals surface area contributed by atoms with Gasteiger partial charge in [-0.05, 0) is 48.1 Å². The van der Waals surface area contributed by atoms with Crippen molar-refractivity contribution in [1.29, 1.82) is 0 Å². The maximum absolute atomic E-state index is 6.12. The minimum absolute atomic E-state index is 0.412. The number of rotatable bonds is 4. The van der Waals surface area contributed by atoms with Crippen molar-refractivity contribution in [3.8, 4) is 0 Å². The molecule has 128 valence electrons. The lowest BCUT2D eigenvalue weighted by molar-refractivity contribution is 0.687. The summed E-state index contributed by atoms with van der Waals surface area (Å²) in [5.41, 5.74) is 2.56. The fourth-order valence-electron chi connectivity index (χ4n) is 2.17. The minimum Gasteiger partial charge on any atom is -0.331 e. The number of aromatic nitrogens is 2. The van der Waals surface area contributed by atoms with Gasteiger partial charge in [-0.3, -0.25) is 4.68 Å². The maximum atomic E-state index is 6.12. The summed E-state index contributed by atoms with van der Waals surface area (Å²) < 4.78 is 1.81. The van der Waals surface area contributed by atoms with Crippen LogP contribution in [0.15, 0.2) is 54.9 Å². The highest BCUT2D eigenvalue weighted by Gasteiger charge is 2.06. The molecular weight excluding hydrogens is 399 g/mol. The number of anilines is 2. The summed E-state index contributed by atoms with van der Waals surface area (Å²) in [5, 5.41) is 12.6. The first kappa shape index (κ1) is 18.0. The highest BCUT2D eigenvalue weighted by Crippen LogP contribution is 2.25. The van der Waals surface area contributed by atoms with Crippen LogP contribution in [0.2, 0.25) is 15.1 Å². The average molecular weight is 412 g/mol. The van der Waals surface area contributed by atoms with Crippen LogP contribution in [-0.2, 0) is 6.54 Å². The predicted molar refractivity (Wildman–Crippen MR) is 109 cm³/mol. The Morgan fingerprint density at radius 1 is 1.00 bits per heavy atom. The van der Waals surface area contributed by atoms with Crippen LogP contribution in [0.3, 0.4) is 0 Å². The van der Waals surface area contributed by atoms with Gasteiger partial charge in [0.25, 0.3) is 0 Å². The van der Waals surface area contributed by atoms with Crippen molar-refractivity contribution in [1.82, 2.24) is 9.78 Å². The lowest BCUT2D eigenvalue weighted by atomic mass is 10.2. The van der Waals surface area contributed by atoms with E-state index in [1.807, 2.05) is 35.1 Å². The number of hydrogen-bond acceptors (Lipinski definition) is 2. The molecule has 0 spiro atoms. The van der Waals surface area contributed by atoms with E-state index in [2.05, 4.69) is 15.7 Å². The Kier molecular flexibility index (Phi) is 5.81. The average Bonchev–Trinajstić information content (AvgIpc) is 2.99. The molecule has 0 aliphatic rings. The van der Waals surface area contributed by atoms with Gasteiger partial charge in [-0.2, -0.15) is 5.10 Å². The van der Waals surface area contributed by atoms with Gasteiger partial charge in [-0.25, -0.2) is 0 Å². The number of benzene rings is 2. The van der Waals surface area contributed by atoms with Crippen molar-refractivity contribution in [3.05, 3.63) is 75.5 Å². The Morgan fingerprint density at radius 3 is 2.44 bits per heavy atom. The Balaban J connectivity index is 1.60. The molecule has 0 aliphatic heterocycles. The number of halogens is 3. The van der Waals surface area contributed by atoms with E-state index in [4.69, 9.17) is 47.0 Å². The Bertz CT molecular complexity index is 893. The molecule has 0 bridgehead atoms. The molecule has 3 rings (SSSR count). The zero-order valence-electron chi connectivity index (χ0n) is 12.8. The van der Waals surface area contributed by atoms with E-state index in [1.54, 1.807) is 24.4 Å². The van der Waals surface area contributed by atoms with Crippen LogP contribution in [0.5, 0.6) is 0 Å². The van der Waals surface area contributed by atoms with Crippen LogP contribution >= 0.6 is 47.0 Å². The zero-order valence-corrected chi connectivity index (χ0v) is 15.9. The number of thiocarbonyl (C=S) groups is 1. The molecule has 8 heteroatoms. The van der Waals surface area contributed by atoms with Crippen LogP contribution in [0, 0.1) is 0 Å². The van der Waals surface area contributed by atoms with Gasteiger partial charge in [0.1, 0.15) is 0 Å². The second kappa shape index (κ2) is 8.06. The standard InChI is InChI=1S/C17H13Cl3N4S/c18-12-3-1-11(2-4-12)9-24-10-14(8-21-24)22-17(25)23-16-6-5-13(19)7-15(16)20/h1-8,10H,9H2,(H2,22,23,25). The van der Waals surface area contributed by atoms with Gasteiger partial charge >= 0.3 is 0 Å². The normalized spacial score (nSPS) is 10.5. The van der Waals surface area contributed by atoms with E-state index in [1.165, 1.54) is 0 Å². The highest BCUT2D eigenvalue weighted by molar-refractivity contribution is 7.80. The molecule has 0 fully saturated rings. The van der Waals surface area contributed by atoms with Crippen molar-refractivity contribution in [2.75, 3.05) is 10.6 Å². The van der Waals surface area contributed by atoms with Gasteiger partial charge in [-0.15, -0.1) is 0 Å². The monoisotopic (exact) mass is 410 g/mol. The van der Waals surface area contributed by atoms with Gasteiger partial charge in [0.15, 0.2) is 5.11 Å². The first-order chi connectivity index (χ1) is 12.0. The summed E-state index contributed by atoms with van der Waals surface area (Å²) in [5.74, 6) is 0. The van der Waals surface area contributed by atoms with Gasteiger partial charge in [-0.1, -0.05) is 46.9 Å². The van der Waals surface area contributed by atoms with Gasteiger partial charge in [0.2, 0.25) is 0 Å². The molecule has 4 nitrogen and oxygen atoms in total. The van der Waals surface area contributed by atoms with Crippen LogP contribution < -0.4 is 10.6 Å². The first-order valence-electron chi connectivity index (χ1n) is 7.29. The minimum atomic E-state index is 0.412. The number of nitrogens with zero attached hydrogens (tertiary/aromatic N) is 2. The molecule has 0 saturated heterocycles. The van der Waals surface area contributed by atoms with E-state index in [-0.39, 0.29) is 0 Å². The van der Waals surface area contributed by atoms with Gasteiger partial charge in [0.05, 0.1) is 29.1 Å². The molecule has 3 aromatic rings. The van der Waals surface area contributed by atoms with Crippen LogP contribution in [0.1, 0.15) is 5.56 Å². The van der Waals surface area contributed by atoms with Crippen LogP contribution in [0.4, 0.5) is 11.4 Å². The third-order valence-electron chi connectivity index (χ3n) is 3.33. The third-order valence-corrected chi connectivity index (χ3v) is 4.33. The molecule has 0 radical (unpaired) electrons. The fraction of sp³-hybridized carbons (Fsp3) is 0.0588. The van der Waals surface area contributed by atoms with Crippen molar-refractivity contribution in [3.63, 3.8) is 0 Å². The van der Waals surface area contributed by atoms with E-state index in [0.29, 0.717) is 32.4 Å². The lowest BCUT2D eigenvalue weighted by Gasteiger charge is -2.10. The summed E-state index contributed by atoms with van der Waals surface area (Å²) >= 11 is 23.2. The van der Waals surface area contributed by atoms with E-state index in [9.17, 15) is 0 Å². The number of hydrogen-bond donors (Lipinski definition) is 2. The molecule has 1 heterocycles. The van der Waals surface area contributed by atoms with Gasteiger partial charge in [0, 0.05) is 16.2 Å². The molecule has 2 aromatic carbocycles. The summed E-state index contributed by atoms with van der Waals surface area (Å²) in [6.45, 7) is 0.641. The highest BCUT2D eigenvalue weighted by atomic mass is 35.5. The van der Waals surface area contributed by atoms with Crippen molar-refractivity contribution < 1.29 is 0 Å². The molecule has 0 amide bonds. The smallest absolute Gasteiger partial charge is 0.175 e. The van der Waals surface area contributed by atoms with E-state index >= 15 is 0 Å². The van der Waals surface area contributed by atoms with Crippen LogP contribution in [-0.4, -0.2) is 14.9 Å². The summed E-state index contributed by atoms with van der Waals surface area (Å²) in [7, 11) is 0. The molecule has 0 saturated carbocycles. The molecule has 25 heavy (non-hydrogen) atoms. The Morgan fingerprint density at radius 2 is 1.72 bits per heavy atom. The summed E-state index contributed by atoms with van der Waals surface area (Å²) in [4.78, 5) is 0. The second-order valence-corrected chi connectivity index (χ2v) is 6.94. The number of nitrogens with one attached hydrogen (secondary N) is 2. The predicted octanol–water partition coefficient (Wildman–Crippen LogP) is 5.70. The lowest BCUT2D eigenvalue weighted by Crippen LogP contribution is -2.19. The quantitative estimate of drug-likeness (QED) is 0.540. The Labute approximate surface area is 165 Å². The Hall–Kier alpha value is -1.79. The van der Waals surface area contributed by atoms with Crippen molar-refractivity contribution >= 4 is 63.5 Å². The molecule has 0 unspecified atom stereocenters. The largest absolute Gasteiger partial charge is 0.331 e. The second-order valence-electron chi connectivity index (χ2n) is 5.26. The summed E-state index contributed by atoms with van der Waals surface area (Å²) in [6.07, 6.45) is 3.57. The van der Waals surface area contributed by atoms with Crippen molar-refractivity contribution in [2.24, 2.45) is 0 Å². The third kappa shape index (κ3) is 5.09. The summed E-state index contributed by atoms with van der Waals surface area (Å²) in [6, 6.07) is 12.8. The van der Waals surface area contributed by atoms with E-state index in [0.717, 1.165) is 11.3 Å². The molecule has 1 aromatic heterocycles. The van der Waals surface area contributed by atoms with E-state index < -0.39 is 0 Å². The maximum Gasteiger partial charge on any atom is 0.175 e. The molecule has 0 atom stereocenters. The molecule has 2 N–H and O–H groups in total. The molecule has 0 aliphatic carbocycles. The van der Waals surface area contributed by atoms with Crippen LogP contribution in [0.25, 0.3) is 0 Å². The first-order valence-corrected chi connectivity index (χ1v) is 8.84. The topological polar surface area (TPSA) is 41.9 Å². The zero-order chi connectivity index (χ0) is 17.8.